The van der Waals surface area contributed by atoms with Gasteiger partial charge in [-0.2, -0.15) is 0 Å². The van der Waals surface area contributed by atoms with Crippen molar-refractivity contribution in [2.24, 2.45) is 17.1 Å². The Morgan fingerprint density at radius 3 is 2.38 bits per heavy atom. The van der Waals surface area contributed by atoms with E-state index in [1.807, 2.05) is 13.8 Å². The molecule has 1 rings (SSSR count). The van der Waals surface area contributed by atoms with Gasteiger partial charge in [0.2, 0.25) is 0 Å². The zero-order chi connectivity index (χ0) is 12.2. The minimum atomic E-state index is -0.220. The third kappa shape index (κ3) is 4.12. The molecule has 0 aromatic carbocycles. The molecule has 0 aromatic heterocycles. The van der Waals surface area contributed by atoms with Crippen LogP contribution in [0.1, 0.15) is 52.9 Å². The summed E-state index contributed by atoms with van der Waals surface area (Å²) < 4.78 is 5.87. The molecule has 0 unspecified atom stereocenters. The minimum Gasteiger partial charge on any atom is -0.387 e. The molecule has 0 amide bonds. The summed E-state index contributed by atoms with van der Waals surface area (Å²) in [5.41, 5.74) is 5.32. The molecule has 1 aliphatic carbocycles. The Bertz CT molecular complexity index is 230. The maximum absolute atomic E-state index is 7.47. The molecule has 1 fully saturated rings. The Hall–Kier alpha value is -0.570. The normalized spacial score (nSPS) is 26.7. The molecule has 0 spiro atoms. The summed E-state index contributed by atoms with van der Waals surface area (Å²) in [6, 6.07) is 0. The standard InChI is InChI=1S/C13H26N2O/c1-10-4-6-11(7-5-10)16-9-8-13(2,3)12(14)15/h10-11H,4-9H2,1-3H3,(H3,14,15). The number of nitrogens with one attached hydrogen (secondary N) is 1. The van der Waals surface area contributed by atoms with Gasteiger partial charge in [-0.3, -0.25) is 5.41 Å². The number of ether oxygens (including phenoxy) is 1. The van der Waals surface area contributed by atoms with Crippen LogP contribution in [0.25, 0.3) is 0 Å². The number of rotatable bonds is 5. The van der Waals surface area contributed by atoms with Crippen molar-refractivity contribution in [2.75, 3.05) is 6.61 Å². The summed E-state index contributed by atoms with van der Waals surface area (Å²) in [5.74, 6) is 1.13. The lowest BCUT2D eigenvalue weighted by Gasteiger charge is -2.28. The largest absolute Gasteiger partial charge is 0.387 e. The lowest BCUT2D eigenvalue weighted by Crippen LogP contribution is -2.32. The molecule has 3 nitrogen and oxygen atoms in total. The Labute approximate surface area is 99.3 Å². The predicted octanol–water partition coefficient (Wildman–Crippen LogP) is 2.93. The first kappa shape index (κ1) is 13.5. The molecule has 3 heteroatoms. The van der Waals surface area contributed by atoms with Crippen LogP contribution in [0.3, 0.4) is 0 Å². The highest BCUT2D eigenvalue weighted by Crippen LogP contribution is 2.26. The van der Waals surface area contributed by atoms with E-state index in [4.69, 9.17) is 15.9 Å². The van der Waals surface area contributed by atoms with Crippen molar-refractivity contribution in [2.45, 2.75) is 59.0 Å². The Balaban J connectivity index is 2.18. The van der Waals surface area contributed by atoms with Crippen LogP contribution in [0, 0.1) is 16.7 Å². The lowest BCUT2D eigenvalue weighted by atomic mass is 9.87. The molecule has 94 valence electrons. The van der Waals surface area contributed by atoms with E-state index in [0.29, 0.717) is 6.10 Å². The van der Waals surface area contributed by atoms with Gasteiger partial charge in [0.25, 0.3) is 0 Å². The van der Waals surface area contributed by atoms with Crippen molar-refractivity contribution in [3.05, 3.63) is 0 Å². The predicted molar refractivity (Wildman–Crippen MR) is 67.7 cm³/mol. The SMILES string of the molecule is CC1CCC(OCCC(C)(C)C(=N)N)CC1. The van der Waals surface area contributed by atoms with E-state index < -0.39 is 0 Å². The van der Waals surface area contributed by atoms with Gasteiger partial charge in [0.15, 0.2) is 0 Å². The molecule has 0 heterocycles. The van der Waals surface area contributed by atoms with Gasteiger partial charge in [-0.25, -0.2) is 0 Å². The third-order valence-electron chi connectivity index (χ3n) is 3.77. The van der Waals surface area contributed by atoms with Crippen molar-refractivity contribution in [1.29, 1.82) is 5.41 Å². The first-order valence-electron chi connectivity index (χ1n) is 6.38. The highest BCUT2D eigenvalue weighted by Gasteiger charge is 2.23. The fourth-order valence-corrected chi connectivity index (χ4v) is 2.01. The first-order chi connectivity index (χ1) is 7.42. The van der Waals surface area contributed by atoms with E-state index in [-0.39, 0.29) is 11.3 Å². The van der Waals surface area contributed by atoms with Crippen molar-refractivity contribution in [1.82, 2.24) is 0 Å². The minimum absolute atomic E-state index is 0.220. The molecule has 1 aliphatic rings. The number of nitrogens with two attached hydrogens (primary N) is 1. The molecule has 0 aromatic rings. The molecule has 1 saturated carbocycles. The zero-order valence-corrected chi connectivity index (χ0v) is 10.9. The van der Waals surface area contributed by atoms with Gasteiger partial charge < -0.3 is 10.5 Å². The second-order valence-corrected chi connectivity index (χ2v) is 5.80. The Morgan fingerprint density at radius 2 is 1.88 bits per heavy atom. The fraction of sp³-hybridized carbons (Fsp3) is 0.923. The lowest BCUT2D eigenvalue weighted by molar-refractivity contribution is 0.0116. The van der Waals surface area contributed by atoms with Crippen LogP contribution >= 0.6 is 0 Å². The van der Waals surface area contributed by atoms with Gasteiger partial charge in [-0.05, 0) is 38.0 Å². The molecule has 0 radical (unpaired) electrons. The quantitative estimate of drug-likeness (QED) is 0.559. The average molecular weight is 226 g/mol. The summed E-state index contributed by atoms with van der Waals surface area (Å²) in [7, 11) is 0. The summed E-state index contributed by atoms with van der Waals surface area (Å²) in [6.45, 7) is 7.05. The van der Waals surface area contributed by atoms with E-state index in [2.05, 4.69) is 6.92 Å². The van der Waals surface area contributed by atoms with Crippen molar-refractivity contribution in [3.63, 3.8) is 0 Å². The van der Waals surface area contributed by atoms with Crippen molar-refractivity contribution >= 4 is 5.84 Å². The van der Waals surface area contributed by atoms with Gasteiger partial charge in [-0.1, -0.05) is 20.8 Å². The van der Waals surface area contributed by atoms with E-state index in [1.54, 1.807) is 0 Å². The molecular weight excluding hydrogens is 200 g/mol. The van der Waals surface area contributed by atoms with Crippen LogP contribution in [-0.4, -0.2) is 18.5 Å². The van der Waals surface area contributed by atoms with Gasteiger partial charge in [0.1, 0.15) is 0 Å². The van der Waals surface area contributed by atoms with Gasteiger partial charge in [0.05, 0.1) is 11.9 Å². The summed E-state index contributed by atoms with van der Waals surface area (Å²) in [4.78, 5) is 0. The van der Waals surface area contributed by atoms with Crippen LogP contribution in [-0.2, 0) is 4.74 Å². The molecule has 16 heavy (non-hydrogen) atoms. The first-order valence-corrected chi connectivity index (χ1v) is 6.38. The molecule has 0 saturated heterocycles. The topological polar surface area (TPSA) is 59.1 Å². The number of hydrogen-bond donors (Lipinski definition) is 2. The van der Waals surface area contributed by atoms with Crippen LogP contribution < -0.4 is 5.73 Å². The second kappa shape index (κ2) is 5.67. The van der Waals surface area contributed by atoms with Crippen molar-refractivity contribution < 1.29 is 4.74 Å². The van der Waals surface area contributed by atoms with E-state index in [9.17, 15) is 0 Å². The summed E-state index contributed by atoms with van der Waals surface area (Å²) >= 11 is 0. The van der Waals surface area contributed by atoms with Crippen LogP contribution in [0.5, 0.6) is 0 Å². The third-order valence-corrected chi connectivity index (χ3v) is 3.77. The van der Waals surface area contributed by atoms with E-state index >= 15 is 0 Å². The number of hydrogen-bond acceptors (Lipinski definition) is 2. The van der Waals surface area contributed by atoms with Gasteiger partial charge in [-0.15, -0.1) is 0 Å². The Kier molecular flexibility index (Phi) is 4.78. The molecule has 3 N–H and O–H groups in total. The van der Waals surface area contributed by atoms with Crippen LogP contribution in [0.15, 0.2) is 0 Å². The van der Waals surface area contributed by atoms with E-state index in [1.165, 1.54) is 25.7 Å². The highest BCUT2D eigenvalue weighted by molar-refractivity contribution is 5.82. The fourth-order valence-electron chi connectivity index (χ4n) is 2.01. The van der Waals surface area contributed by atoms with Crippen LogP contribution in [0.2, 0.25) is 0 Å². The average Bonchev–Trinajstić information content (AvgIpc) is 2.20. The maximum Gasteiger partial charge on any atom is 0.0963 e. The smallest absolute Gasteiger partial charge is 0.0963 e. The van der Waals surface area contributed by atoms with Crippen molar-refractivity contribution in [3.8, 4) is 0 Å². The van der Waals surface area contributed by atoms with Gasteiger partial charge >= 0.3 is 0 Å². The molecule has 0 bridgehead atoms. The number of amidine groups is 1. The molecule has 0 aliphatic heterocycles. The summed E-state index contributed by atoms with van der Waals surface area (Å²) in [5, 5.41) is 7.47. The maximum atomic E-state index is 7.47. The molecular formula is C13H26N2O. The van der Waals surface area contributed by atoms with E-state index in [0.717, 1.165) is 18.9 Å². The summed E-state index contributed by atoms with van der Waals surface area (Å²) in [6.07, 6.45) is 6.26. The highest BCUT2D eigenvalue weighted by atomic mass is 16.5. The zero-order valence-electron chi connectivity index (χ0n) is 10.9. The van der Waals surface area contributed by atoms with Crippen LogP contribution in [0.4, 0.5) is 0 Å². The Morgan fingerprint density at radius 1 is 1.31 bits per heavy atom. The molecule has 0 atom stereocenters. The monoisotopic (exact) mass is 226 g/mol. The van der Waals surface area contributed by atoms with Gasteiger partial charge in [0, 0.05) is 12.0 Å². The second-order valence-electron chi connectivity index (χ2n) is 5.80.